The number of nitrogens with zero attached hydrogens (tertiary/aromatic N) is 2. The molecule has 1 N–H and O–H groups in total. The summed E-state index contributed by atoms with van der Waals surface area (Å²) >= 11 is 3.45. The zero-order valence-corrected chi connectivity index (χ0v) is 15.2. The zero-order valence-electron chi connectivity index (χ0n) is 13.6. The van der Waals surface area contributed by atoms with Crippen LogP contribution in [0.25, 0.3) is 11.4 Å². The number of hydrogen-bond donors (Lipinski definition) is 1. The standard InChI is InChI=1S/C19H17BrFN3O/c20-15-6-3-5-13(10-15)19-22-18(25-23-19)12-24(16-8-9-16)11-14-4-1-2-7-17(14)21/h1-7,10,16H,8-9,11-12H2/p+1. The van der Waals surface area contributed by atoms with Crippen LogP contribution in [0.5, 0.6) is 0 Å². The summed E-state index contributed by atoms with van der Waals surface area (Å²) in [7, 11) is 0. The van der Waals surface area contributed by atoms with E-state index >= 15 is 0 Å². The highest BCUT2D eigenvalue weighted by Crippen LogP contribution is 2.21. The van der Waals surface area contributed by atoms with Crippen LogP contribution in [0.4, 0.5) is 4.39 Å². The Morgan fingerprint density at radius 3 is 2.72 bits per heavy atom. The fraction of sp³-hybridized carbons (Fsp3) is 0.263. The predicted octanol–water partition coefficient (Wildman–Crippen LogP) is 3.39. The summed E-state index contributed by atoms with van der Waals surface area (Å²) in [5.41, 5.74) is 1.64. The number of hydrogen-bond acceptors (Lipinski definition) is 3. The molecule has 0 aliphatic heterocycles. The highest BCUT2D eigenvalue weighted by molar-refractivity contribution is 9.10. The van der Waals surface area contributed by atoms with Crippen molar-refractivity contribution in [2.75, 3.05) is 0 Å². The predicted molar refractivity (Wildman–Crippen MR) is 95.2 cm³/mol. The molecule has 0 bridgehead atoms. The van der Waals surface area contributed by atoms with E-state index in [-0.39, 0.29) is 5.82 Å². The molecule has 1 heterocycles. The second-order valence-electron chi connectivity index (χ2n) is 6.40. The van der Waals surface area contributed by atoms with E-state index in [2.05, 4.69) is 26.1 Å². The number of rotatable bonds is 6. The van der Waals surface area contributed by atoms with Gasteiger partial charge in [0.25, 0.3) is 5.89 Å². The summed E-state index contributed by atoms with van der Waals surface area (Å²) in [6.45, 7) is 1.24. The molecule has 0 radical (unpaired) electrons. The van der Waals surface area contributed by atoms with Crippen LogP contribution < -0.4 is 4.90 Å². The molecule has 0 spiro atoms. The molecular weight excluding hydrogens is 385 g/mol. The van der Waals surface area contributed by atoms with E-state index in [1.165, 1.54) is 11.0 Å². The van der Waals surface area contributed by atoms with Gasteiger partial charge in [-0.1, -0.05) is 51.4 Å². The molecule has 3 aromatic rings. The molecule has 1 aliphatic carbocycles. The summed E-state index contributed by atoms with van der Waals surface area (Å²) in [5, 5.41) is 4.09. The molecule has 0 amide bonds. The number of halogens is 2. The lowest BCUT2D eigenvalue weighted by Crippen LogP contribution is -3.10. The van der Waals surface area contributed by atoms with E-state index < -0.39 is 0 Å². The lowest BCUT2D eigenvalue weighted by atomic mass is 10.2. The molecule has 4 rings (SSSR count). The number of quaternary nitrogens is 1. The van der Waals surface area contributed by atoms with Gasteiger partial charge in [0, 0.05) is 28.4 Å². The molecule has 25 heavy (non-hydrogen) atoms. The van der Waals surface area contributed by atoms with E-state index in [4.69, 9.17) is 4.52 Å². The second-order valence-corrected chi connectivity index (χ2v) is 7.32. The Kier molecular flexibility index (Phi) is 4.63. The Morgan fingerprint density at radius 1 is 1.12 bits per heavy atom. The van der Waals surface area contributed by atoms with Crippen LogP contribution in [-0.4, -0.2) is 16.2 Å². The van der Waals surface area contributed by atoms with E-state index in [9.17, 15) is 4.39 Å². The molecule has 128 valence electrons. The topological polar surface area (TPSA) is 43.4 Å². The van der Waals surface area contributed by atoms with Gasteiger partial charge < -0.3 is 9.42 Å². The van der Waals surface area contributed by atoms with Crippen molar-refractivity contribution in [3.8, 4) is 11.4 Å². The third-order valence-corrected chi connectivity index (χ3v) is 4.95. The molecule has 1 aromatic heterocycles. The highest BCUT2D eigenvalue weighted by Gasteiger charge is 2.35. The van der Waals surface area contributed by atoms with Crippen molar-refractivity contribution in [1.29, 1.82) is 0 Å². The maximum absolute atomic E-state index is 14.0. The summed E-state index contributed by atoms with van der Waals surface area (Å²) in [5.74, 6) is 1.02. The van der Waals surface area contributed by atoms with Crippen LogP contribution in [0.15, 0.2) is 57.5 Å². The van der Waals surface area contributed by atoms with Crippen LogP contribution >= 0.6 is 15.9 Å². The van der Waals surface area contributed by atoms with Gasteiger partial charge in [0.05, 0.1) is 6.04 Å². The molecule has 1 aliphatic rings. The third kappa shape index (κ3) is 3.96. The van der Waals surface area contributed by atoms with Crippen LogP contribution in [0.2, 0.25) is 0 Å². The molecule has 1 saturated carbocycles. The summed E-state index contributed by atoms with van der Waals surface area (Å²) in [6, 6.07) is 15.3. The van der Waals surface area contributed by atoms with E-state index in [0.717, 1.165) is 28.4 Å². The van der Waals surface area contributed by atoms with Crippen molar-refractivity contribution in [3.63, 3.8) is 0 Å². The first-order valence-electron chi connectivity index (χ1n) is 8.35. The van der Waals surface area contributed by atoms with Crippen LogP contribution in [0, 0.1) is 5.82 Å². The first-order valence-corrected chi connectivity index (χ1v) is 9.15. The lowest BCUT2D eigenvalue weighted by molar-refractivity contribution is -0.939. The first-order chi connectivity index (χ1) is 12.2. The van der Waals surface area contributed by atoms with Gasteiger partial charge in [-0.05, 0) is 18.2 Å². The normalized spacial score (nSPS) is 15.3. The Balaban J connectivity index is 1.51. The molecule has 2 aromatic carbocycles. The third-order valence-electron chi connectivity index (χ3n) is 4.46. The van der Waals surface area contributed by atoms with Crippen LogP contribution in [0.3, 0.4) is 0 Å². The minimum atomic E-state index is -0.152. The number of benzene rings is 2. The van der Waals surface area contributed by atoms with Gasteiger partial charge in [0.2, 0.25) is 5.82 Å². The van der Waals surface area contributed by atoms with Crippen molar-refractivity contribution in [3.05, 3.63) is 70.3 Å². The largest absolute Gasteiger partial charge is 0.333 e. The summed E-state index contributed by atoms with van der Waals surface area (Å²) in [6.07, 6.45) is 2.33. The molecule has 1 fully saturated rings. The van der Waals surface area contributed by atoms with Crippen molar-refractivity contribution in [1.82, 2.24) is 10.1 Å². The first kappa shape index (κ1) is 16.4. The molecular formula is C19H18BrFN3O+. The second kappa shape index (κ2) is 7.06. The number of aromatic nitrogens is 2. The Bertz CT molecular complexity index is 878. The van der Waals surface area contributed by atoms with Gasteiger partial charge in [0.1, 0.15) is 12.4 Å². The van der Waals surface area contributed by atoms with E-state index in [1.807, 2.05) is 36.4 Å². The summed E-state index contributed by atoms with van der Waals surface area (Å²) in [4.78, 5) is 5.80. The Morgan fingerprint density at radius 2 is 1.96 bits per heavy atom. The Labute approximate surface area is 153 Å². The average Bonchev–Trinajstić information content (AvgIpc) is 3.35. The van der Waals surface area contributed by atoms with E-state index in [0.29, 0.717) is 30.8 Å². The van der Waals surface area contributed by atoms with Crippen LogP contribution in [0.1, 0.15) is 24.3 Å². The van der Waals surface area contributed by atoms with Gasteiger partial charge >= 0.3 is 0 Å². The summed E-state index contributed by atoms with van der Waals surface area (Å²) < 4.78 is 20.4. The monoisotopic (exact) mass is 402 g/mol. The zero-order chi connectivity index (χ0) is 17.2. The minimum Gasteiger partial charge on any atom is -0.333 e. The Hall–Kier alpha value is -2.05. The SMILES string of the molecule is Fc1ccccc1C[NH+](Cc1nc(-c2cccc(Br)c2)no1)C1CC1. The quantitative estimate of drug-likeness (QED) is 0.687. The smallest absolute Gasteiger partial charge is 0.282 e. The fourth-order valence-electron chi connectivity index (χ4n) is 2.99. The maximum atomic E-state index is 14.0. The van der Waals surface area contributed by atoms with Crippen LogP contribution in [-0.2, 0) is 13.1 Å². The lowest BCUT2D eigenvalue weighted by Gasteiger charge is -2.17. The van der Waals surface area contributed by atoms with Gasteiger partial charge in [0.15, 0.2) is 6.54 Å². The van der Waals surface area contributed by atoms with Gasteiger partial charge in [-0.2, -0.15) is 4.98 Å². The molecule has 1 atom stereocenters. The van der Waals surface area contributed by atoms with Gasteiger partial charge in [-0.25, -0.2) is 4.39 Å². The minimum absolute atomic E-state index is 0.152. The van der Waals surface area contributed by atoms with Crippen molar-refractivity contribution >= 4 is 15.9 Å². The average molecular weight is 403 g/mol. The van der Waals surface area contributed by atoms with E-state index in [1.54, 1.807) is 6.07 Å². The molecule has 1 unspecified atom stereocenters. The fourth-order valence-corrected chi connectivity index (χ4v) is 3.39. The van der Waals surface area contributed by atoms with Crippen molar-refractivity contribution in [2.45, 2.75) is 32.0 Å². The van der Waals surface area contributed by atoms with Gasteiger partial charge in [-0.15, -0.1) is 0 Å². The molecule has 0 saturated heterocycles. The molecule has 4 nitrogen and oxygen atoms in total. The molecule has 6 heteroatoms. The number of nitrogens with one attached hydrogen (secondary N) is 1. The maximum Gasteiger partial charge on any atom is 0.282 e. The van der Waals surface area contributed by atoms with Crippen molar-refractivity contribution < 1.29 is 13.8 Å². The highest BCUT2D eigenvalue weighted by atomic mass is 79.9. The van der Waals surface area contributed by atoms with Crippen molar-refractivity contribution in [2.24, 2.45) is 0 Å². The van der Waals surface area contributed by atoms with Gasteiger partial charge in [-0.3, -0.25) is 0 Å².